The van der Waals surface area contributed by atoms with Gasteiger partial charge in [-0.1, -0.05) is 12.2 Å². The summed E-state index contributed by atoms with van der Waals surface area (Å²) in [4.78, 5) is 17.0. The highest BCUT2D eigenvalue weighted by atomic mass is 32.1. The first kappa shape index (κ1) is 14.2. The number of hydrogen-bond donors (Lipinski definition) is 1. The predicted molar refractivity (Wildman–Crippen MR) is 80.5 cm³/mol. The minimum Gasteiger partial charge on any atom is -0.389 e. The molecule has 0 aromatic carbocycles. The quantitative estimate of drug-likeness (QED) is 0.770. The average molecular weight is 280 g/mol. The topological polar surface area (TPSA) is 54.5 Å². The number of hydrogen-bond acceptors (Lipinski definition) is 4. The molecule has 0 spiro atoms. The van der Waals surface area contributed by atoms with Crippen molar-refractivity contribution in [1.29, 1.82) is 0 Å². The van der Waals surface area contributed by atoms with Crippen LogP contribution in [0.15, 0.2) is 23.1 Å². The second kappa shape index (κ2) is 6.27. The second-order valence-corrected chi connectivity index (χ2v) is 5.37. The standard InChI is InChI=1S/C13H20N4OS/c1-15-5-7-16(8-6-15)9-10-17-4-2-3-11(12(14)19)13(17)18/h2-4H,5-10H2,1H3,(H2,14,19). The zero-order chi connectivity index (χ0) is 13.8. The van der Waals surface area contributed by atoms with Crippen molar-refractivity contribution in [1.82, 2.24) is 14.4 Å². The summed E-state index contributed by atoms with van der Waals surface area (Å²) in [6.07, 6.45) is 1.79. The Labute approximate surface area is 118 Å². The number of nitrogens with zero attached hydrogens (tertiary/aromatic N) is 3. The van der Waals surface area contributed by atoms with Crippen LogP contribution in [0.5, 0.6) is 0 Å². The van der Waals surface area contributed by atoms with Crippen LogP contribution < -0.4 is 11.3 Å². The molecule has 1 saturated heterocycles. The van der Waals surface area contributed by atoms with Crippen LogP contribution in [0.3, 0.4) is 0 Å². The Hall–Kier alpha value is -1.24. The van der Waals surface area contributed by atoms with E-state index < -0.39 is 0 Å². The molecule has 1 aromatic heterocycles. The molecule has 0 aliphatic carbocycles. The maximum atomic E-state index is 12.1. The predicted octanol–water partition coefficient (Wildman–Crippen LogP) is -0.270. The molecule has 19 heavy (non-hydrogen) atoms. The number of aromatic nitrogens is 1. The van der Waals surface area contributed by atoms with E-state index in [1.54, 1.807) is 16.8 Å². The van der Waals surface area contributed by atoms with Gasteiger partial charge < -0.3 is 15.2 Å². The Morgan fingerprint density at radius 2 is 2.00 bits per heavy atom. The third-order valence-electron chi connectivity index (χ3n) is 3.54. The van der Waals surface area contributed by atoms with Gasteiger partial charge >= 0.3 is 0 Å². The van der Waals surface area contributed by atoms with E-state index in [9.17, 15) is 4.79 Å². The van der Waals surface area contributed by atoms with Crippen LogP contribution in [0.1, 0.15) is 5.56 Å². The number of pyridine rings is 1. The van der Waals surface area contributed by atoms with Crippen molar-refractivity contribution in [2.24, 2.45) is 5.73 Å². The number of likely N-dealkylation sites (N-methyl/N-ethyl adjacent to an activating group) is 1. The maximum Gasteiger partial charge on any atom is 0.260 e. The highest BCUT2D eigenvalue weighted by Gasteiger charge is 2.13. The van der Waals surface area contributed by atoms with E-state index >= 15 is 0 Å². The summed E-state index contributed by atoms with van der Waals surface area (Å²) in [7, 11) is 2.13. The van der Waals surface area contributed by atoms with Crippen LogP contribution in [0.25, 0.3) is 0 Å². The van der Waals surface area contributed by atoms with Crippen LogP contribution in [0, 0.1) is 0 Å². The highest BCUT2D eigenvalue weighted by Crippen LogP contribution is 1.99. The molecule has 6 heteroatoms. The van der Waals surface area contributed by atoms with Crippen molar-refractivity contribution < 1.29 is 0 Å². The van der Waals surface area contributed by atoms with E-state index in [2.05, 4.69) is 16.8 Å². The fourth-order valence-electron chi connectivity index (χ4n) is 2.22. The van der Waals surface area contributed by atoms with E-state index in [-0.39, 0.29) is 10.5 Å². The summed E-state index contributed by atoms with van der Waals surface area (Å²) in [5, 5.41) is 0. The van der Waals surface area contributed by atoms with E-state index in [0.717, 1.165) is 32.7 Å². The SMILES string of the molecule is CN1CCN(CCn2cccc(C(N)=S)c2=O)CC1. The van der Waals surface area contributed by atoms with Gasteiger partial charge in [-0.2, -0.15) is 0 Å². The summed E-state index contributed by atoms with van der Waals surface area (Å²) in [5.41, 5.74) is 5.87. The average Bonchev–Trinajstić information content (AvgIpc) is 2.39. The zero-order valence-corrected chi connectivity index (χ0v) is 12.0. The van der Waals surface area contributed by atoms with Gasteiger partial charge in [-0.15, -0.1) is 0 Å². The smallest absolute Gasteiger partial charge is 0.260 e. The van der Waals surface area contributed by atoms with Gasteiger partial charge in [0, 0.05) is 45.5 Å². The van der Waals surface area contributed by atoms with Gasteiger partial charge in [-0.25, -0.2) is 0 Å². The Balaban J connectivity index is 1.98. The Morgan fingerprint density at radius 3 is 2.63 bits per heavy atom. The summed E-state index contributed by atoms with van der Waals surface area (Å²) in [6.45, 7) is 5.84. The van der Waals surface area contributed by atoms with E-state index in [0.29, 0.717) is 12.1 Å². The van der Waals surface area contributed by atoms with E-state index in [4.69, 9.17) is 18.0 Å². The number of piperazine rings is 1. The van der Waals surface area contributed by atoms with Gasteiger partial charge in [0.05, 0.1) is 5.56 Å². The first-order valence-corrected chi connectivity index (χ1v) is 6.89. The van der Waals surface area contributed by atoms with Crippen LogP contribution >= 0.6 is 12.2 Å². The first-order valence-electron chi connectivity index (χ1n) is 6.48. The monoisotopic (exact) mass is 280 g/mol. The molecule has 2 heterocycles. The molecule has 0 amide bonds. The molecule has 0 bridgehead atoms. The third-order valence-corrected chi connectivity index (χ3v) is 3.76. The fourth-order valence-corrected chi connectivity index (χ4v) is 2.38. The number of nitrogens with two attached hydrogens (primary N) is 1. The van der Waals surface area contributed by atoms with Crippen molar-refractivity contribution in [2.75, 3.05) is 39.8 Å². The number of thiocarbonyl (C=S) groups is 1. The molecule has 0 unspecified atom stereocenters. The lowest BCUT2D eigenvalue weighted by molar-refractivity contribution is 0.149. The Kier molecular flexibility index (Phi) is 4.68. The van der Waals surface area contributed by atoms with E-state index in [1.165, 1.54) is 0 Å². The van der Waals surface area contributed by atoms with Crippen LogP contribution in [-0.2, 0) is 6.54 Å². The third kappa shape index (κ3) is 3.62. The van der Waals surface area contributed by atoms with Crippen molar-refractivity contribution >= 4 is 17.2 Å². The lowest BCUT2D eigenvalue weighted by Gasteiger charge is -2.32. The largest absolute Gasteiger partial charge is 0.389 e. The molecular formula is C13H20N4OS. The Morgan fingerprint density at radius 1 is 1.32 bits per heavy atom. The Bertz CT molecular complexity index is 506. The molecule has 104 valence electrons. The van der Waals surface area contributed by atoms with Crippen LogP contribution in [0.2, 0.25) is 0 Å². The molecule has 5 nitrogen and oxygen atoms in total. The molecule has 1 aliphatic rings. The van der Waals surface area contributed by atoms with Gasteiger partial charge in [0.25, 0.3) is 5.56 Å². The van der Waals surface area contributed by atoms with Gasteiger partial charge in [0.2, 0.25) is 0 Å². The lowest BCUT2D eigenvalue weighted by atomic mass is 10.2. The minimum atomic E-state index is -0.0934. The molecule has 1 fully saturated rings. The molecule has 2 rings (SSSR count). The van der Waals surface area contributed by atoms with E-state index in [1.807, 2.05) is 6.07 Å². The molecule has 1 aliphatic heterocycles. The molecule has 1 aromatic rings. The van der Waals surface area contributed by atoms with Gasteiger partial charge in [-0.3, -0.25) is 9.69 Å². The molecule has 2 N–H and O–H groups in total. The van der Waals surface area contributed by atoms with Gasteiger partial charge in [0.1, 0.15) is 4.99 Å². The summed E-state index contributed by atoms with van der Waals surface area (Å²) in [6, 6.07) is 3.50. The first-order chi connectivity index (χ1) is 9.08. The second-order valence-electron chi connectivity index (χ2n) is 4.93. The highest BCUT2D eigenvalue weighted by molar-refractivity contribution is 7.80. The minimum absolute atomic E-state index is 0.0934. The van der Waals surface area contributed by atoms with Gasteiger partial charge in [-0.05, 0) is 19.2 Å². The van der Waals surface area contributed by atoms with Crippen molar-refractivity contribution in [2.45, 2.75) is 6.54 Å². The number of rotatable bonds is 4. The molecule has 0 radical (unpaired) electrons. The molecule has 0 saturated carbocycles. The molecule has 0 atom stereocenters. The summed E-state index contributed by atoms with van der Waals surface area (Å²) < 4.78 is 1.69. The van der Waals surface area contributed by atoms with Gasteiger partial charge in [0.15, 0.2) is 0 Å². The van der Waals surface area contributed by atoms with Crippen LogP contribution in [-0.4, -0.2) is 59.1 Å². The van der Waals surface area contributed by atoms with Crippen molar-refractivity contribution in [3.05, 3.63) is 34.2 Å². The van der Waals surface area contributed by atoms with Crippen molar-refractivity contribution in [3.63, 3.8) is 0 Å². The maximum absolute atomic E-state index is 12.1. The van der Waals surface area contributed by atoms with Crippen LogP contribution in [0.4, 0.5) is 0 Å². The zero-order valence-electron chi connectivity index (χ0n) is 11.2. The van der Waals surface area contributed by atoms with Crippen molar-refractivity contribution in [3.8, 4) is 0 Å². The fraction of sp³-hybridized carbons (Fsp3) is 0.538. The normalized spacial score (nSPS) is 17.5. The lowest BCUT2D eigenvalue weighted by Crippen LogP contribution is -2.46. The summed E-state index contributed by atoms with van der Waals surface area (Å²) in [5.74, 6) is 0. The summed E-state index contributed by atoms with van der Waals surface area (Å²) >= 11 is 4.88. The molecular weight excluding hydrogens is 260 g/mol.